The van der Waals surface area contributed by atoms with Gasteiger partial charge in [-0.15, -0.1) is 22.7 Å². The molecule has 142 valence electrons. The molecule has 2 atom stereocenters. The molecular formula is C20H15BrN2O3S2. The number of aryl methyl sites for hydroxylation is 2. The summed E-state index contributed by atoms with van der Waals surface area (Å²) in [4.78, 5) is 46.4. The Morgan fingerprint density at radius 3 is 2.57 bits per heavy atom. The summed E-state index contributed by atoms with van der Waals surface area (Å²) in [6, 6.07) is 10.1. The maximum absolute atomic E-state index is 13.2. The summed E-state index contributed by atoms with van der Waals surface area (Å²) in [6.07, 6.45) is 0. The van der Waals surface area contributed by atoms with Gasteiger partial charge in [0.25, 0.3) is 5.91 Å². The van der Waals surface area contributed by atoms with Crippen LogP contribution in [0, 0.1) is 19.8 Å². The molecule has 0 bridgehead atoms. The molecule has 5 nitrogen and oxygen atoms in total. The van der Waals surface area contributed by atoms with Crippen LogP contribution in [0.1, 0.15) is 31.8 Å². The van der Waals surface area contributed by atoms with Crippen molar-refractivity contribution in [2.24, 2.45) is 5.92 Å². The van der Waals surface area contributed by atoms with Gasteiger partial charge in [-0.05, 0) is 43.0 Å². The highest BCUT2D eigenvalue weighted by molar-refractivity contribution is 9.10. The van der Waals surface area contributed by atoms with Crippen LogP contribution < -0.4 is 4.90 Å². The average molecular weight is 475 g/mol. The van der Waals surface area contributed by atoms with E-state index in [1.165, 1.54) is 27.6 Å². The first-order valence-corrected chi connectivity index (χ1v) is 11.0. The summed E-state index contributed by atoms with van der Waals surface area (Å²) in [6.45, 7) is 3.78. The second-order valence-electron chi connectivity index (χ2n) is 6.50. The molecule has 0 spiro atoms. The predicted molar refractivity (Wildman–Crippen MR) is 113 cm³/mol. The number of nitrogens with zero attached hydrogens (tertiary/aromatic N) is 2. The summed E-state index contributed by atoms with van der Waals surface area (Å²) in [5.74, 6) is -2.79. The van der Waals surface area contributed by atoms with E-state index in [2.05, 4.69) is 20.9 Å². The Labute approximate surface area is 178 Å². The Kier molecular flexibility index (Phi) is 5.03. The van der Waals surface area contributed by atoms with E-state index in [-0.39, 0.29) is 5.78 Å². The van der Waals surface area contributed by atoms with Gasteiger partial charge in [0.2, 0.25) is 5.78 Å². The van der Waals surface area contributed by atoms with Gasteiger partial charge < -0.3 is 0 Å². The van der Waals surface area contributed by atoms with E-state index in [1.54, 1.807) is 17.5 Å². The molecule has 0 saturated carbocycles. The van der Waals surface area contributed by atoms with Gasteiger partial charge in [-0.3, -0.25) is 19.3 Å². The van der Waals surface area contributed by atoms with Crippen LogP contribution in [0.5, 0.6) is 0 Å². The number of anilines is 1. The van der Waals surface area contributed by atoms with E-state index >= 15 is 0 Å². The molecule has 8 heteroatoms. The molecule has 1 fully saturated rings. The van der Waals surface area contributed by atoms with Gasteiger partial charge in [0.15, 0.2) is 10.9 Å². The third-order valence-corrected chi connectivity index (χ3v) is 7.22. The standard InChI is InChI=1S/C20H15BrN2O3S2/c1-10-11(2)28-20(22-10)23-16(12-5-3-6-13(21)9-12)15(18(25)19(23)26)17(24)14-7-4-8-27-14/h3-9,15-16H,1-2H3. The second-order valence-corrected chi connectivity index (χ2v) is 9.54. The minimum Gasteiger partial charge on any atom is -0.292 e. The SMILES string of the molecule is Cc1nc(N2C(=O)C(=O)C(C(=O)c3cccs3)C2c2cccc(Br)c2)sc1C. The Balaban J connectivity index is 1.88. The minimum atomic E-state index is -1.09. The maximum Gasteiger partial charge on any atom is 0.297 e. The van der Waals surface area contributed by atoms with Crippen LogP contribution >= 0.6 is 38.6 Å². The predicted octanol–water partition coefficient (Wildman–Crippen LogP) is 4.74. The van der Waals surface area contributed by atoms with Crippen LogP contribution in [0.3, 0.4) is 0 Å². The lowest BCUT2D eigenvalue weighted by molar-refractivity contribution is -0.135. The molecule has 3 aromatic rings. The van der Waals surface area contributed by atoms with Crippen LogP contribution in [0.15, 0.2) is 46.3 Å². The van der Waals surface area contributed by atoms with Crippen molar-refractivity contribution < 1.29 is 14.4 Å². The third-order valence-electron chi connectivity index (χ3n) is 4.77. The molecule has 3 heterocycles. The van der Waals surface area contributed by atoms with Crippen molar-refractivity contribution >= 4 is 61.2 Å². The summed E-state index contributed by atoms with van der Waals surface area (Å²) in [5, 5.41) is 2.23. The van der Waals surface area contributed by atoms with Crippen molar-refractivity contribution in [3.05, 3.63) is 67.3 Å². The van der Waals surface area contributed by atoms with E-state index in [0.29, 0.717) is 15.6 Å². The van der Waals surface area contributed by atoms with Gasteiger partial charge in [-0.1, -0.05) is 34.1 Å². The fraction of sp³-hybridized carbons (Fsp3) is 0.200. The van der Waals surface area contributed by atoms with Gasteiger partial charge >= 0.3 is 0 Å². The highest BCUT2D eigenvalue weighted by atomic mass is 79.9. The molecule has 1 aromatic carbocycles. The normalized spacial score (nSPS) is 19.5. The number of amides is 1. The number of benzene rings is 1. The largest absolute Gasteiger partial charge is 0.297 e. The number of carbonyl (C=O) groups is 3. The topological polar surface area (TPSA) is 67.3 Å². The number of rotatable bonds is 4. The lowest BCUT2D eigenvalue weighted by atomic mass is 9.89. The van der Waals surface area contributed by atoms with E-state index < -0.39 is 23.7 Å². The van der Waals surface area contributed by atoms with Crippen LogP contribution in [-0.4, -0.2) is 22.5 Å². The molecule has 2 aromatic heterocycles. The summed E-state index contributed by atoms with van der Waals surface area (Å²) in [7, 11) is 0. The monoisotopic (exact) mass is 474 g/mol. The number of aromatic nitrogens is 1. The number of hydrogen-bond acceptors (Lipinski definition) is 6. The molecular weight excluding hydrogens is 460 g/mol. The second kappa shape index (κ2) is 7.35. The van der Waals surface area contributed by atoms with Crippen molar-refractivity contribution in [3.63, 3.8) is 0 Å². The lowest BCUT2D eigenvalue weighted by Crippen LogP contribution is -2.30. The molecule has 0 radical (unpaired) electrons. The molecule has 0 aliphatic carbocycles. The summed E-state index contributed by atoms with van der Waals surface area (Å²) >= 11 is 6.07. The molecule has 1 amide bonds. The molecule has 1 aliphatic heterocycles. The van der Waals surface area contributed by atoms with Gasteiger partial charge in [-0.2, -0.15) is 0 Å². The number of ketones is 2. The van der Waals surface area contributed by atoms with Gasteiger partial charge in [-0.25, -0.2) is 4.98 Å². The zero-order chi connectivity index (χ0) is 20.0. The van der Waals surface area contributed by atoms with Crippen molar-refractivity contribution in [1.29, 1.82) is 0 Å². The Morgan fingerprint density at radius 2 is 1.96 bits per heavy atom. The third kappa shape index (κ3) is 3.15. The van der Waals surface area contributed by atoms with Crippen LogP contribution in [0.4, 0.5) is 5.13 Å². The Hall–Kier alpha value is -2.16. The number of Topliss-reactive ketones (excluding diaryl/α,β-unsaturated/α-hetero) is 2. The van der Waals surface area contributed by atoms with Crippen molar-refractivity contribution in [2.45, 2.75) is 19.9 Å². The number of hydrogen-bond donors (Lipinski definition) is 0. The van der Waals surface area contributed by atoms with E-state index in [9.17, 15) is 14.4 Å². The van der Waals surface area contributed by atoms with E-state index in [4.69, 9.17) is 0 Å². The number of carbonyl (C=O) groups excluding carboxylic acids is 3. The van der Waals surface area contributed by atoms with Crippen molar-refractivity contribution in [2.75, 3.05) is 4.90 Å². The van der Waals surface area contributed by atoms with Gasteiger partial charge in [0.05, 0.1) is 16.6 Å². The number of halogens is 1. The minimum absolute atomic E-state index is 0.328. The fourth-order valence-electron chi connectivity index (χ4n) is 3.30. The lowest BCUT2D eigenvalue weighted by Gasteiger charge is -2.25. The fourth-order valence-corrected chi connectivity index (χ4v) is 5.37. The number of thiazole rings is 1. The maximum atomic E-state index is 13.2. The van der Waals surface area contributed by atoms with Crippen LogP contribution in [0.25, 0.3) is 0 Å². The Morgan fingerprint density at radius 1 is 1.18 bits per heavy atom. The first-order chi connectivity index (χ1) is 13.4. The van der Waals surface area contributed by atoms with Crippen molar-refractivity contribution in [1.82, 2.24) is 4.98 Å². The highest BCUT2D eigenvalue weighted by Gasteiger charge is 2.53. The number of thiophene rings is 1. The molecule has 1 saturated heterocycles. The zero-order valence-corrected chi connectivity index (χ0v) is 18.2. The molecule has 2 unspecified atom stereocenters. The first-order valence-electron chi connectivity index (χ1n) is 8.53. The summed E-state index contributed by atoms with van der Waals surface area (Å²) < 4.78 is 0.811. The Bertz CT molecular complexity index is 1070. The molecule has 1 aliphatic rings. The molecule has 4 rings (SSSR count). The average Bonchev–Trinajstić information content (AvgIpc) is 3.36. The molecule has 28 heavy (non-hydrogen) atoms. The van der Waals surface area contributed by atoms with Gasteiger partial charge in [0, 0.05) is 9.35 Å². The van der Waals surface area contributed by atoms with Crippen LogP contribution in [-0.2, 0) is 9.59 Å². The van der Waals surface area contributed by atoms with Gasteiger partial charge in [0.1, 0.15) is 5.92 Å². The smallest absolute Gasteiger partial charge is 0.292 e. The quantitative estimate of drug-likeness (QED) is 0.311. The van der Waals surface area contributed by atoms with E-state index in [1.807, 2.05) is 38.1 Å². The first kappa shape index (κ1) is 19.2. The van der Waals surface area contributed by atoms with Crippen LogP contribution in [0.2, 0.25) is 0 Å². The molecule has 0 N–H and O–H groups in total. The highest BCUT2D eigenvalue weighted by Crippen LogP contribution is 2.43. The summed E-state index contributed by atoms with van der Waals surface area (Å²) in [5.41, 5.74) is 1.52. The zero-order valence-electron chi connectivity index (χ0n) is 15.0. The van der Waals surface area contributed by atoms with Crippen molar-refractivity contribution in [3.8, 4) is 0 Å². The van der Waals surface area contributed by atoms with E-state index in [0.717, 1.165) is 15.0 Å².